The smallest absolute Gasteiger partial charge is 0.306 e. The molecule has 2 aromatic rings. The molecule has 0 aliphatic carbocycles. The van der Waals surface area contributed by atoms with Crippen molar-refractivity contribution in [3.63, 3.8) is 0 Å². The zero-order valence-corrected chi connectivity index (χ0v) is 17.8. The van der Waals surface area contributed by atoms with Crippen LogP contribution in [0, 0.1) is 7.14 Å². The highest BCUT2D eigenvalue weighted by atomic mass is 127. The van der Waals surface area contributed by atoms with Crippen LogP contribution in [-0.2, 0) is 16.0 Å². The van der Waals surface area contributed by atoms with Gasteiger partial charge >= 0.3 is 5.97 Å². The molecule has 6 heteroatoms. The predicted octanol–water partition coefficient (Wildman–Crippen LogP) is 5.19. The standard InChI is InChI=1S/C18H18I2O4/c1-3-23-16(21)11-5-12-4-10-15(19)18(17(12)20)24-14-8-6-13(22-2)7-9-14/h4,6-10H,3,5,11H2,1-2H3. The number of benzene rings is 2. The Morgan fingerprint density at radius 1 is 1.04 bits per heavy atom. The van der Waals surface area contributed by atoms with Crippen LogP contribution < -0.4 is 9.47 Å². The molecule has 0 saturated heterocycles. The molecular weight excluding hydrogens is 534 g/mol. The number of hydrogen-bond acceptors (Lipinski definition) is 4. The lowest BCUT2D eigenvalue weighted by atomic mass is 10.1. The fourth-order valence-electron chi connectivity index (χ4n) is 2.09. The number of carbonyl (C=O) groups is 1. The van der Waals surface area contributed by atoms with Crippen LogP contribution in [0.25, 0.3) is 0 Å². The number of carbonyl (C=O) groups excluding carboxylic acids is 1. The minimum absolute atomic E-state index is 0.176. The van der Waals surface area contributed by atoms with Gasteiger partial charge in [-0.1, -0.05) is 6.07 Å². The number of hydrogen-bond donors (Lipinski definition) is 0. The van der Waals surface area contributed by atoms with Gasteiger partial charge in [-0.3, -0.25) is 4.79 Å². The van der Waals surface area contributed by atoms with E-state index in [9.17, 15) is 4.79 Å². The number of esters is 1. The number of ether oxygens (including phenoxy) is 3. The molecule has 4 nitrogen and oxygen atoms in total. The van der Waals surface area contributed by atoms with Crippen LogP contribution in [0.3, 0.4) is 0 Å². The first-order valence-electron chi connectivity index (χ1n) is 7.49. The summed E-state index contributed by atoms with van der Waals surface area (Å²) in [5, 5.41) is 0. The fraction of sp³-hybridized carbons (Fsp3) is 0.278. The zero-order chi connectivity index (χ0) is 17.5. The summed E-state index contributed by atoms with van der Waals surface area (Å²) >= 11 is 4.52. The molecule has 24 heavy (non-hydrogen) atoms. The van der Waals surface area contributed by atoms with Gasteiger partial charge in [0.1, 0.15) is 11.5 Å². The quantitative estimate of drug-likeness (QED) is 0.351. The van der Waals surface area contributed by atoms with Crippen molar-refractivity contribution in [1.29, 1.82) is 0 Å². The first-order chi connectivity index (χ1) is 11.5. The Morgan fingerprint density at radius 2 is 1.71 bits per heavy atom. The maximum absolute atomic E-state index is 11.6. The maximum atomic E-state index is 11.6. The summed E-state index contributed by atoms with van der Waals surface area (Å²) in [5.41, 5.74) is 1.08. The first kappa shape index (κ1) is 19.3. The van der Waals surface area contributed by atoms with Crippen molar-refractivity contribution in [1.82, 2.24) is 0 Å². The molecule has 0 atom stereocenters. The summed E-state index contributed by atoms with van der Waals surface area (Å²) in [5.74, 6) is 2.16. The van der Waals surface area contributed by atoms with E-state index in [0.29, 0.717) is 19.4 Å². The third kappa shape index (κ3) is 5.23. The molecule has 0 N–H and O–H groups in total. The molecule has 2 rings (SSSR count). The number of rotatable bonds is 7. The molecule has 0 radical (unpaired) electrons. The second-order valence-electron chi connectivity index (χ2n) is 4.93. The van der Waals surface area contributed by atoms with Crippen LogP contribution in [0.15, 0.2) is 36.4 Å². The second-order valence-corrected chi connectivity index (χ2v) is 7.17. The largest absolute Gasteiger partial charge is 0.497 e. The third-order valence-corrected chi connectivity index (χ3v) is 5.34. The fourth-order valence-corrected chi connectivity index (χ4v) is 4.02. The molecule has 0 spiro atoms. The van der Waals surface area contributed by atoms with Crippen molar-refractivity contribution < 1.29 is 19.0 Å². The average Bonchev–Trinajstić information content (AvgIpc) is 2.58. The first-order valence-corrected chi connectivity index (χ1v) is 9.65. The number of halogens is 2. The SMILES string of the molecule is CCOC(=O)CCc1ccc(I)c(Oc2ccc(OC)cc2)c1I. The molecule has 0 heterocycles. The van der Waals surface area contributed by atoms with E-state index >= 15 is 0 Å². The van der Waals surface area contributed by atoms with E-state index in [1.165, 1.54) is 0 Å². The van der Waals surface area contributed by atoms with E-state index in [2.05, 4.69) is 45.2 Å². The second kappa shape index (κ2) is 9.45. The third-order valence-electron chi connectivity index (χ3n) is 3.31. The van der Waals surface area contributed by atoms with E-state index < -0.39 is 0 Å². The summed E-state index contributed by atoms with van der Waals surface area (Å²) in [4.78, 5) is 11.6. The van der Waals surface area contributed by atoms with Gasteiger partial charge in [-0.05, 0) is 94.4 Å². The van der Waals surface area contributed by atoms with Crippen LogP contribution in [0.1, 0.15) is 18.9 Å². The molecule has 2 aromatic carbocycles. The monoisotopic (exact) mass is 552 g/mol. The number of aryl methyl sites for hydroxylation is 1. The van der Waals surface area contributed by atoms with Crippen molar-refractivity contribution >= 4 is 51.2 Å². The van der Waals surface area contributed by atoms with Crippen molar-refractivity contribution in [2.24, 2.45) is 0 Å². The summed E-state index contributed by atoms with van der Waals surface area (Å²) in [6.45, 7) is 2.22. The van der Waals surface area contributed by atoms with Crippen molar-refractivity contribution in [3.05, 3.63) is 49.1 Å². The Kier molecular flexibility index (Phi) is 7.60. The Balaban J connectivity index is 2.16. The Hall–Kier alpha value is -1.03. The Labute approximate surface area is 169 Å². The molecule has 0 aliphatic heterocycles. The molecule has 0 amide bonds. The van der Waals surface area contributed by atoms with Crippen molar-refractivity contribution in [2.75, 3.05) is 13.7 Å². The Bertz CT molecular complexity index is 699. The van der Waals surface area contributed by atoms with Gasteiger partial charge in [-0.2, -0.15) is 0 Å². The topological polar surface area (TPSA) is 44.8 Å². The highest BCUT2D eigenvalue weighted by Gasteiger charge is 2.14. The summed E-state index contributed by atoms with van der Waals surface area (Å²) < 4.78 is 18.2. The minimum Gasteiger partial charge on any atom is -0.497 e. The van der Waals surface area contributed by atoms with E-state index in [-0.39, 0.29) is 5.97 Å². The average molecular weight is 552 g/mol. The molecule has 0 fully saturated rings. The van der Waals surface area contributed by atoms with Gasteiger partial charge < -0.3 is 14.2 Å². The minimum atomic E-state index is -0.176. The van der Waals surface area contributed by atoms with Crippen LogP contribution in [-0.4, -0.2) is 19.7 Å². The lowest BCUT2D eigenvalue weighted by Crippen LogP contribution is -2.06. The molecule has 128 valence electrons. The van der Waals surface area contributed by atoms with Crippen molar-refractivity contribution in [2.45, 2.75) is 19.8 Å². The Morgan fingerprint density at radius 3 is 2.33 bits per heavy atom. The van der Waals surface area contributed by atoms with Crippen LogP contribution in [0.5, 0.6) is 17.2 Å². The highest BCUT2D eigenvalue weighted by molar-refractivity contribution is 14.1. The van der Waals surface area contributed by atoms with Gasteiger partial charge in [-0.25, -0.2) is 0 Å². The van der Waals surface area contributed by atoms with Gasteiger partial charge in [0.25, 0.3) is 0 Å². The van der Waals surface area contributed by atoms with Gasteiger partial charge in [0.05, 0.1) is 20.9 Å². The number of methoxy groups -OCH3 is 1. The normalized spacial score (nSPS) is 10.3. The molecule has 0 bridgehead atoms. The van der Waals surface area contributed by atoms with E-state index in [1.807, 2.05) is 43.3 Å². The van der Waals surface area contributed by atoms with E-state index in [0.717, 1.165) is 30.0 Å². The molecule has 0 aliphatic rings. The van der Waals surface area contributed by atoms with Crippen LogP contribution in [0.2, 0.25) is 0 Å². The predicted molar refractivity (Wildman–Crippen MR) is 110 cm³/mol. The lowest BCUT2D eigenvalue weighted by Gasteiger charge is -2.13. The van der Waals surface area contributed by atoms with Crippen LogP contribution in [0.4, 0.5) is 0 Å². The summed E-state index contributed by atoms with van der Waals surface area (Å²) in [7, 11) is 1.63. The van der Waals surface area contributed by atoms with Gasteiger partial charge in [-0.15, -0.1) is 0 Å². The van der Waals surface area contributed by atoms with E-state index in [4.69, 9.17) is 14.2 Å². The zero-order valence-electron chi connectivity index (χ0n) is 13.5. The molecule has 0 unspecified atom stereocenters. The summed E-state index contributed by atoms with van der Waals surface area (Å²) in [6.07, 6.45) is 0.999. The van der Waals surface area contributed by atoms with Gasteiger partial charge in [0.2, 0.25) is 0 Å². The van der Waals surface area contributed by atoms with E-state index in [1.54, 1.807) is 7.11 Å². The summed E-state index contributed by atoms with van der Waals surface area (Å²) in [6, 6.07) is 11.5. The molecular formula is C18H18I2O4. The van der Waals surface area contributed by atoms with Gasteiger partial charge in [0.15, 0.2) is 5.75 Å². The highest BCUT2D eigenvalue weighted by Crippen LogP contribution is 2.34. The molecule has 0 aromatic heterocycles. The van der Waals surface area contributed by atoms with Crippen LogP contribution >= 0.6 is 45.2 Å². The van der Waals surface area contributed by atoms with Gasteiger partial charge in [0, 0.05) is 6.42 Å². The van der Waals surface area contributed by atoms with Crippen molar-refractivity contribution in [3.8, 4) is 17.2 Å². The maximum Gasteiger partial charge on any atom is 0.306 e. The lowest BCUT2D eigenvalue weighted by molar-refractivity contribution is -0.143. The molecule has 0 saturated carbocycles.